The number of rotatable bonds is 6. The maximum Gasteiger partial charge on any atom is 0.271 e. The van der Waals surface area contributed by atoms with E-state index in [0.717, 1.165) is 57.0 Å². The van der Waals surface area contributed by atoms with Gasteiger partial charge in [-0.3, -0.25) is 19.2 Å². The summed E-state index contributed by atoms with van der Waals surface area (Å²) in [6, 6.07) is 10.4. The molecule has 2 amide bonds. The lowest BCUT2D eigenvalue weighted by Gasteiger charge is -2.40. The van der Waals surface area contributed by atoms with Crippen LogP contribution in [0.25, 0.3) is 0 Å². The monoisotopic (exact) mass is 475 g/mol. The largest absolute Gasteiger partial charge is 0.346 e. The van der Waals surface area contributed by atoms with Crippen LogP contribution in [0.15, 0.2) is 48.9 Å². The number of fused-ring (bicyclic) bond motifs is 1. The van der Waals surface area contributed by atoms with Crippen molar-refractivity contribution in [2.45, 2.75) is 38.9 Å². The summed E-state index contributed by atoms with van der Waals surface area (Å²) in [5.74, 6) is 1.45. The minimum Gasteiger partial charge on any atom is -0.346 e. The SMILES string of the molecule is CC(=O)N1CCC(CN2CCn3cc(C(=O)NCc4cnn(C)c4)nc3C2c2ccccc2)CC1. The number of carbonyl (C=O) groups excluding carboxylic acids is 2. The van der Waals surface area contributed by atoms with Crippen molar-refractivity contribution in [1.29, 1.82) is 0 Å². The Kier molecular flexibility index (Phi) is 6.68. The van der Waals surface area contributed by atoms with Crippen LogP contribution in [0.2, 0.25) is 0 Å². The molecule has 9 heteroatoms. The number of carbonyl (C=O) groups is 2. The number of imidazole rings is 1. The molecule has 1 fully saturated rings. The van der Waals surface area contributed by atoms with Crippen LogP contribution >= 0.6 is 0 Å². The zero-order valence-electron chi connectivity index (χ0n) is 20.4. The molecular weight excluding hydrogens is 442 g/mol. The second kappa shape index (κ2) is 10.0. The second-order valence-corrected chi connectivity index (χ2v) is 9.64. The van der Waals surface area contributed by atoms with Crippen molar-refractivity contribution in [1.82, 2.24) is 34.4 Å². The van der Waals surface area contributed by atoms with E-state index in [4.69, 9.17) is 4.98 Å². The fourth-order valence-corrected chi connectivity index (χ4v) is 5.26. The lowest BCUT2D eigenvalue weighted by atomic mass is 9.94. The molecule has 5 rings (SSSR count). The van der Waals surface area contributed by atoms with Gasteiger partial charge in [0.15, 0.2) is 0 Å². The number of amides is 2. The zero-order valence-corrected chi connectivity index (χ0v) is 20.4. The fourth-order valence-electron chi connectivity index (χ4n) is 5.26. The van der Waals surface area contributed by atoms with E-state index in [1.165, 1.54) is 5.56 Å². The van der Waals surface area contributed by atoms with Gasteiger partial charge >= 0.3 is 0 Å². The number of aryl methyl sites for hydroxylation is 1. The number of aromatic nitrogens is 4. The smallest absolute Gasteiger partial charge is 0.271 e. The molecular formula is C26H33N7O2. The van der Waals surface area contributed by atoms with Gasteiger partial charge in [-0.25, -0.2) is 4.98 Å². The van der Waals surface area contributed by atoms with Crippen molar-refractivity contribution in [2.24, 2.45) is 13.0 Å². The molecule has 2 aromatic heterocycles. The molecule has 184 valence electrons. The average molecular weight is 476 g/mol. The van der Waals surface area contributed by atoms with Crippen molar-refractivity contribution < 1.29 is 9.59 Å². The maximum absolute atomic E-state index is 12.9. The van der Waals surface area contributed by atoms with E-state index in [-0.39, 0.29) is 17.9 Å². The molecule has 1 N–H and O–H groups in total. The van der Waals surface area contributed by atoms with Crippen LogP contribution < -0.4 is 5.32 Å². The molecule has 2 aliphatic rings. The number of benzene rings is 1. The van der Waals surface area contributed by atoms with Crippen molar-refractivity contribution in [3.63, 3.8) is 0 Å². The van der Waals surface area contributed by atoms with Crippen LogP contribution in [-0.2, 0) is 24.9 Å². The third kappa shape index (κ3) is 5.14. The van der Waals surface area contributed by atoms with Gasteiger partial charge in [0.05, 0.1) is 12.2 Å². The predicted molar refractivity (Wildman–Crippen MR) is 131 cm³/mol. The van der Waals surface area contributed by atoms with Crippen molar-refractivity contribution in [3.8, 4) is 0 Å². The summed E-state index contributed by atoms with van der Waals surface area (Å²) in [4.78, 5) is 33.9. The molecule has 1 unspecified atom stereocenters. The highest BCUT2D eigenvalue weighted by Crippen LogP contribution is 2.33. The van der Waals surface area contributed by atoms with Crippen LogP contribution in [0, 0.1) is 5.92 Å². The van der Waals surface area contributed by atoms with Crippen molar-refractivity contribution >= 4 is 11.8 Å². The van der Waals surface area contributed by atoms with E-state index in [1.54, 1.807) is 17.8 Å². The number of piperidine rings is 1. The molecule has 0 saturated carbocycles. The highest BCUT2D eigenvalue weighted by molar-refractivity contribution is 5.92. The maximum atomic E-state index is 12.9. The third-order valence-electron chi connectivity index (χ3n) is 7.16. The van der Waals surface area contributed by atoms with E-state index in [1.807, 2.05) is 30.4 Å². The number of hydrogen-bond donors (Lipinski definition) is 1. The normalized spacial score (nSPS) is 18.9. The summed E-state index contributed by atoms with van der Waals surface area (Å²) in [6.07, 6.45) is 7.57. The lowest BCUT2D eigenvalue weighted by molar-refractivity contribution is -0.130. The Hall–Kier alpha value is -3.46. The molecule has 0 aliphatic carbocycles. The molecule has 1 aromatic carbocycles. The van der Waals surface area contributed by atoms with Crippen LogP contribution in [0.4, 0.5) is 0 Å². The summed E-state index contributed by atoms with van der Waals surface area (Å²) in [7, 11) is 1.86. The summed E-state index contributed by atoms with van der Waals surface area (Å²) >= 11 is 0. The van der Waals surface area contributed by atoms with Gasteiger partial charge in [0.25, 0.3) is 5.91 Å². The molecule has 2 aliphatic heterocycles. The molecule has 0 spiro atoms. The summed E-state index contributed by atoms with van der Waals surface area (Å²) in [5, 5.41) is 7.12. The fraction of sp³-hybridized carbons (Fsp3) is 0.462. The lowest BCUT2D eigenvalue weighted by Crippen LogP contribution is -2.44. The van der Waals surface area contributed by atoms with E-state index >= 15 is 0 Å². The average Bonchev–Trinajstić information content (AvgIpc) is 3.49. The first-order chi connectivity index (χ1) is 17.0. The predicted octanol–water partition coefficient (Wildman–Crippen LogP) is 2.21. The van der Waals surface area contributed by atoms with Gasteiger partial charge in [0.2, 0.25) is 5.91 Å². The standard InChI is InChI=1S/C26H33N7O2/c1-19(34)31-10-8-20(9-11-31)17-32-12-13-33-18-23(26(35)27-14-21-15-28-30(2)16-21)29-25(33)24(32)22-6-4-3-5-7-22/h3-7,15-16,18,20,24H,8-14,17H2,1-2H3,(H,27,35). The molecule has 0 bridgehead atoms. The molecule has 4 heterocycles. The van der Waals surface area contributed by atoms with E-state index in [9.17, 15) is 9.59 Å². The van der Waals surface area contributed by atoms with Gasteiger partial charge in [-0.2, -0.15) is 5.10 Å². The highest BCUT2D eigenvalue weighted by Gasteiger charge is 2.34. The Morgan fingerprint density at radius 1 is 1.06 bits per heavy atom. The van der Waals surface area contributed by atoms with Crippen LogP contribution in [0.3, 0.4) is 0 Å². The first-order valence-electron chi connectivity index (χ1n) is 12.3. The third-order valence-corrected chi connectivity index (χ3v) is 7.16. The van der Waals surface area contributed by atoms with Gasteiger partial charge < -0.3 is 14.8 Å². The van der Waals surface area contributed by atoms with Crippen molar-refractivity contribution in [2.75, 3.05) is 26.2 Å². The molecule has 1 saturated heterocycles. The Bertz CT molecular complexity index is 1180. The molecule has 35 heavy (non-hydrogen) atoms. The topological polar surface area (TPSA) is 88.3 Å². The Morgan fingerprint density at radius 3 is 2.51 bits per heavy atom. The van der Waals surface area contributed by atoms with Gasteiger partial charge in [0.1, 0.15) is 11.5 Å². The Balaban J connectivity index is 1.34. The minimum absolute atomic E-state index is 0.00402. The summed E-state index contributed by atoms with van der Waals surface area (Å²) < 4.78 is 3.85. The van der Waals surface area contributed by atoms with E-state index in [2.05, 4.69) is 44.1 Å². The van der Waals surface area contributed by atoms with Crippen molar-refractivity contribution in [3.05, 3.63) is 71.6 Å². The van der Waals surface area contributed by atoms with Gasteiger partial charge in [-0.15, -0.1) is 0 Å². The zero-order chi connectivity index (χ0) is 24.4. The van der Waals surface area contributed by atoms with E-state index < -0.39 is 0 Å². The Morgan fingerprint density at radius 2 is 1.83 bits per heavy atom. The minimum atomic E-state index is -0.175. The number of nitrogens with zero attached hydrogens (tertiary/aromatic N) is 6. The number of hydrogen-bond acceptors (Lipinski definition) is 5. The number of likely N-dealkylation sites (tertiary alicyclic amines) is 1. The second-order valence-electron chi connectivity index (χ2n) is 9.64. The highest BCUT2D eigenvalue weighted by atomic mass is 16.2. The Labute approximate surface area is 205 Å². The number of nitrogens with one attached hydrogen (secondary N) is 1. The summed E-state index contributed by atoms with van der Waals surface area (Å²) in [6.45, 7) is 6.39. The summed E-state index contributed by atoms with van der Waals surface area (Å²) in [5.41, 5.74) is 2.58. The van der Waals surface area contributed by atoms with Gasteiger partial charge in [-0.1, -0.05) is 30.3 Å². The van der Waals surface area contributed by atoms with Gasteiger partial charge in [-0.05, 0) is 24.3 Å². The molecule has 3 aromatic rings. The van der Waals surface area contributed by atoms with Crippen LogP contribution in [0.1, 0.15) is 53.2 Å². The quantitative estimate of drug-likeness (QED) is 0.591. The van der Waals surface area contributed by atoms with Crippen LogP contribution in [0.5, 0.6) is 0 Å². The van der Waals surface area contributed by atoms with E-state index in [0.29, 0.717) is 18.2 Å². The molecule has 0 radical (unpaired) electrons. The molecule has 1 atom stereocenters. The first-order valence-corrected chi connectivity index (χ1v) is 12.3. The van der Waals surface area contributed by atoms with Crippen LogP contribution in [-0.4, -0.2) is 67.1 Å². The van der Waals surface area contributed by atoms with Gasteiger partial charge in [0, 0.05) is 71.2 Å². The molecule has 9 nitrogen and oxygen atoms in total. The first kappa shape index (κ1) is 23.3.